The Kier molecular flexibility index (Phi) is 4.00. The molecular formula is C16H22N4O2. The summed E-state index contributed by atoms with van der Waals surface area (Å²) in [6, 6.07) is 1.61. The standard InChI is InChI=1S/C16H22N4O2/c1-11(12-6-4-3-5-7-12)17-15(21)13-10-14-16(22)19(2)8-9-20(14)18-13/h6,10-11H,3-5,7-9H2,1-2H3,(H,17,21). The first-order valence-corrected chi connectivity index (χ1v) is 7.89. The molecule has 22 heavy (non-hydrogen) atoms. The normalized spacial score (nSPS) is 19.5. The Morgan fingerprint density at radius 3 is 2.91 bits per heavy atom. The smallest absolute Gasteiger partial charge is 0.272 e. The van der Waals surface area contributed by atoms with Crippen molar-refractivity contribution in [2.75, 3.05) is 13.6 Å². The molecule has 1 N–H and O–H groups in total. The Morgan fingerprint density at radius 2 is 2.18 bits per heavy atom. The molecule has 6 nitrogen and oxygen atoms in total. The van der Waals surface area contributed by atoms with Crippen LogP contribution in [0, 0.1) is 0 Å². The first-order valence-electron chi connectivity index (χ1n) is 7.89. The summed E-state index contributed by atoms with van der Waals surface area (Å²) in [6.45, 7) is 3.26. The van der Waals surface area contributed by atoms with Crippen molar-refractivity contribution in [2.24, 2.45) is 0 Å². The number of allylic oxidation sites excluding steroid dienone is 1. The molecule has 1 aromatic rings. The zero-order valence-corrected chi connectivity index (χ0v) is 13.1. The van der Waals surface area contributed by atoms with Crippen LogP contribution in [-0.4, -0.2) is 46.1 Å². The number of aromatic nitrogens is 2. The van der Waals surface area contributed by atoms with Gasteiger partial charge in [0.2, 0.25) is 0 Å². The van der Waals surface area contributed by atoms with Crippen LogP contribution in [-0.2, 0) is 6.54 Å². The highest BCUT2D eigenvalue weighted by molar-refractivity contribution is 5.98. The Morgan fingerprint density at radius 1 is 1.36 bits per heavy atom. The van der Waals surface area contributed by atoms with E-state index in [0.29, 0.717) is 24.5 Å². The van der Waals surface area contributed by atoms with E-state index < -0.39 is 0 Å². The van der Waals surface area contributed by atoms with Crippen LogP contribution in [0.2, 0.25) is 0 Å². The van der Waals surface area contributed by atoms with Crippen molar-refractivity contribution in [2.45, 2.75) is 45.2 Å². The van der Waals surface area contributed by atoms with Crippen molar-refractivity contribution in [1.82, 2.24) is 20.0 Å². The molecule has 2 aliphatic rings. The predicted molar refractivity (Wildman–Crippen MR) is 82.7 cm³/mol. The van der Waals surface area contributed by atoms with Crippen molar-refractivity contribution >= 4 is 11.8 Å². The van der Waals surface area contributed by atoms with Crippen LogP contribution < -0.4 is 5.32 Å². The third kappa shape index (κ3) is 2.77. The molecule has 0 bridgehead atoms. The maximum Gasteiger partial charge on any atom is 0.272 e. The average molecular weight is 302 g/mol. The number of fused-ring (bicyclic) bond motifs is 1. The summed E-state index contributed by atoms with van der Waals surface area (Å²) in [5, 5.41) is 7.26. The lowest BCUT2D eigenvalue weighted by Gasteiger charge is -2.22. The molecule has 1 unspecified atom stereocenters. The Hall–Kier alpha value is -2.11. The van der Waals surface area contributed by atoms with Crippen LogP contribution in [0.4, 0.5) is 0 Å². The quantitative estimate of drug-likeness (QED) is 0.862. The van der Waals surface area contributed by atoms with Gasteiger partial charge in [0.1, 0.15) is 5.69 Å². The van der Waals surface area contributed by atoms with Gasteiger partial charge in [0, 0.05) is 25.7 Å². The van der Waals surface area contributed by atoms with E-state index in [2.05, 4.69) is 16.5 Å². The highest BCUT2D eigenvalue weighted by Gasteiger charge is 2.26. The lowest BCUT2D eigenvalue weighted by molar-refractivity contribution is 0.0742. The van der Waals surface area contributed by atoms with Crippen LogP contribution >= 0.6 is 0 Å². The van der Waals surface area contributed by atoms with Gasteiger partial charge in [-0.05, 0) is 32.6 Å². The first-order chi connectivity index (χ1) is 10.6. The summed E-state index contributed by atoms with van der Waals surface area (Å²) in [7, 11) is 1.76. The molecule has 0 radical (unpaired) electrons. The Balaban J connectivity index is 1.72. The van der Waals surface area contributed by atoms with Crippen LogP contribution in [0.1, 0.15) is 53.6 Å². The second kappa shape index (κ2) is 5.94. The number of amides is 2. The van der Waals surface area contributed by atoms with Crippen LogP contribution in [0.25, 0.3) is 0 Å². The average Bonchev–Trinajstić information content (AvgIpc) is 2.97. The van der Waals surface area contributed by atoms with Gasteiger partial charge in [-0.25, -0.2) is 0 Å². The van der Waals surface area contributed by atoms with E-state index in [4.69, 9.17) is 0 Å². The fourth-order valence-electron chi connectivity index (χ4n) is 3.03. The van der Waals surface area contributed by atoms with Crippen LogP contribution in [0.3, 0.4) is 0 Å². The van der Waals surface area contributed by atoms with Crippen LogP contribution in [0.5, 0.6) is 0 Å². The molecule has 0 saturated heterocycles. The number of carbonyl (C=O) groups excluding carboxylic acids is 2. The maximum absolute atomic E-state index is 12.4. The molecule has 3 rings (SSSR count). The SMILES string of the molecule is CC(NC(=O)c1cc2n(n1)CCN(C)C2=O)C1=CCCCC1. The predicted octanol–water partition coefficient (Wildman–Crippen LogP) is 1.59. The van der Waals surface area contributed by atoms with E-state index in [1.807, 2.05) is 6.92 Å². The van der Waals surface area contributed by atoms with Crippen LogP contribution in [0.15, 0.2) is 17.7 Å². The molecule has 2 amide bonds. The number of hydrogen-bond donors (Lipinski definition) is 1. The van der Waals surface area contributed by atoms with Gasteiger partial charge in [0.05, 0.1) is 6.54 Å². The van der Waals surface area contributed by atoms with Gasteiger partial charge in [0.25, 0.3) is 11.8 Å². The highest BCUT2D eigenvalue weighted by Crippen LogP contribution is 2.20. The molecular weight excluding hydrogens is 280 g/mol. The summed E-state index contributed by atoms with van der Waals surface area (Å²) >= 11 is 0. The lowest BCUT2D eigenvalue weighted by Crippen LogP contribution is -2.37. The largest absolute Gasteiger partial charge is 0.344 e. The van der Waals surface area contributed by atoms with E-state index >= 15 is 0 Å². The summed E-state index contributed by atoms with van der Waals surface area (Å²) in [5.74, 6) is -0.294. The number of carbonyl (C=O) groups is 2. The fourth-order valence-corrected chi connectivity index (χ4v) is 3.03. The molecule has 2 heterocycles. The number of rotatable bonds is 3. The second-order valence-electron chi connectivity index (χ2n) is 6.08. The van der Waals surface area contributed by atoms with E-state index in [1.54, 1.807) is 22.7 Å². The van der Waals surface area contributed by atoms with Gasteiger partial charge in [0.15, 0.2) is 5.69 Å². The number of likely N-dealkylation sites (N-methyl/N-ethyl adjacent to an activating group) is 1. The van der Waals surface area contributed by atoms with E-state index in [0.717, 1.165) is 12.8 Å². The van der Waals surface area contributed by atoms with E-state index in [9.17, 15) is 9.59 Å². The maximum atomic E-state index is 12.4. The van der Waals surface area contributed by atoms with Gasteiger partial charge in [-0.15, -0.1) is 0 Å². The van der Waals surface area contributed by atoms with Crippen molar-refractivity contribution in [1.29, 1.82) is 0 Å². The topological polar surface area (TPSA) is 67.2 Å². The molecule has 1 aliphatic heterocycles. The molecule has 6 heteroatoms. The Labute approximate surface area is 130 Å². The van der Waals surface area contributed by atoms with Crippen molar-refractivity contribution in [3.63, 3.8) is 0 Å². The zero-order valence-electron chi connectivity index (χ0n) is 13.1. The van der Waals surface area contributed by atoms with E-state index in [1.165, 1.54) is 18.4 Å². The van der Waals surface area contributed by atoms with Crippen molar-refractivity contribution in [3.05, 3.63) is 29.1 Å². The summed E-state index contributed by atoms with van der Waals surface area (Å²) in [4.78, 5) is 26.1. The third-order valence-corrected chi connectivity index (χ3v) is 4.46. The number of nitrogens with one attached hydrogen (secondary N) is 1. The molecule has 1 aromatic heterocycles. The van der Waals surface area contributed by atoms with E-state index in [-0.39, 0.29) is 17.9 Å². The third-order valence-electron chi connectivity index (χ3n) is 4.46. The summed E-state index contributed by atoms with van der Waals surface area (Å²) in [6.07, 6.45) is 6.78. The lowest BCUT2D eigenvalue weighted by atomic mass is 9.95. The molecule has 0 aromatic carbocycles. The Bertz CT molecular complexity index is 632. The van der Waals surface area contributed by atoms with Crippen molar-refractivity contribution < 1.29 is 9.59 Å². The van der Waals surface area contributed by atoms with Gasteiger partial charge < -0.3 is 10.2 Å². The molecule has 1 atom stereocenters. The minimum atomic E-state index is -0.212. The first kappa shape index (κ1) is 14.8. The summed E-state index contributed by atoms with van der Waals surface area (Å²) in [5.41, 5.74) is 2.10. The van der Waals surface area contributed by atoms with Gasteiger partial charge in [-0.1, -0.05) is 11.6 Å². The fraction of sp³-hybridized carbons (Fsp3) is 0.562. The minimum Gasteiger partial charge on any atom is -0.344 e. The second-order valence-corrected chi connectivity index (χ2v) is 6.08. The van der Waals surface area contributed by atoms with Gasteiger partial charge in [-0.3, -0.25) is 14.3 Å². The molecule has 0 fully saturated rings. The number of hydrogen-bond acceptors (Lipinski definition) is 3. The molecule has 1 aliphatic carbocycles. The van der Waals surface area contributed by atoms with Crippen molar-refractivity contribution in [3.8, 4) is 0 Å². The summed E-state index contributed by atoms with van der Waals surface area (Å²) < 4.78 is 1.63. The highest BCUT2D eigenvalue weighted by atomic mass is 16.2. The number of nitrogens with zero attached hydrogens (tertiary/aromatic N) is 3. The zero-order chi connectivity index (χ0) is 15.7. The van der Waals surface area contributed by atoms with Gasteiger partial charge in [-0.2, -0.15) is 5.10 Å². The van der Waals surface area contributed by atoms with Gasteiger partial charge >= 0.3 is 0 Å². The minimum absolute atomic E-state index is 0.0184. The monoisotopic (exact) mass is 302 g/mol. The molecule has 0 saturated carbocycles. The molecule has 118 valence electrons. The molecule has 0 spiro atoms.